The minimum atomic E-state index is 0.208. The second-order valence-corrected chi connectivity index (χ2v) is 6.16. The predicted molar refractivity (Wildman–Crippen MR) is 84.0 cm³/mol. The van der Waals surface area contributed by atoms with Crippen molar-refractivity contribution >= 4 is 17.5 Å². The molecular formula is C17H17NOS. The lowest BCUT2D eigenvalue weighted by Crippen LogP contribution is -2.27. The number of carbonyl (C=O) groups is 1. The molecule has 0 radical (unpaired) electrons. The summed E-state index contributed by atoms with van der Waals surface area (Å²) in [6.45, 7) is 1.47. The van der Waals surface area contributed by atoms with Gasteiger partial charge < -0.3 is 0 Å². The topological polar surface area (TPSA) is 20.3 Å². The summed E-state index contributed by atoms with van der Waals surface area (Å²) in [7, 11) is 0. The number of nitrogens with zero attached hydrogens (tertiary/aromatic N) is 1. The SMILES string of the molecule is O=C(CN1CSC(c2ccccc2)C1)c1ccccc1. The van der Waals surface area contributed by atoms with Gasteiger partial charge >= 0.3 is 0 Å². The summed E-state index contributed by atoms with van der Waals surface area (Å²) in [6.07, 6.45) is 0. The first kappa shape index (κ1) is 13.4. The molecule has 1 saturated heterocycles. The summed E-state index contributed by atoms with van der Waals surface area (Å²) in [5.74, 6) is 1.14. The van der Waals surface area contributed by atoms with E-state index in [4.69, 9.17) is 0 Å². The highest BCUT2D eigenvalue weighted by molar-refractivity contribution is 7.99. The minimum absolute atomic E-state index is 0.208. The molecule has 1 heterocycles. The van der Waals surface area contributed by atoms with Crippen LogP contribution >= 0.6 is 11.8 Å². The van der Waals surface area contributed by atoms with Crippen LogP contribution in [0.1, 0.15) is 21.2 Å². The van der Waals surface area contributed by atoms with E-state index in [9.17, 15) is 4.79 Å². The Morgan fingerprint density at radius 2 is 1.70 bits per heavy atom. The Labute approximate surface area is 123 Å². The molecule has 0 bridgehead atoms. The Bertz CT molecular complexity index is 570. The Hall–Kier alpha value is -1.58. The van der Waals surface area contributed by atoms with Gasteiger partial charge in [0.2, 0.25) is 0 Å². The fourth-order valence-corrected chi connectivity index (χ4v) is 3.69. The van der Waals surface area contributed by atoms with Crippen molar-refractivity contribution < 1.29 is 4.79 Å². The van der Waals surface area contributed by atoms with Crippen molar-refractivity contribution in [3.05, 3.63) is 71.8 Å². The summed E-state index contributed by atoms with van der Waals surface area (Å²) >= 11 is 1.91. The summed E-state index contributed by atoms with van der Waals surface area (Å²) in [5.41, 5.74) is 2.16. The van der Waals surface area contributed by atoms with Gasteiger partial charge in [0.25, 0.3) is 0 Å². The zero-order chi connectivity index (χ0) is 13.8. The molecule has 0 aliphatic carbocycles. The summed E-state index contributed by atoms with van der Waals surface area (Å²) in [4.78, 5) is 14.4. The van der Waals surface area contributed by atoms with Crippen LogP contribution in [-0.2, 0) is 0 Å². The lowest BCUT2D eigenvalue weighted by molar-refractivity contribution is 0.0947. The van der Waals surface area contributed by atoms with E-state index < -0.39 is 0 Å². The summed E-state index contributed by atoms with van der Waals surface area (Å²) in [5, 5.41) is 0.486. The molecule has 2 nitrogen and oxygen atoms in total. The first-order valence-electron chi connectivity index (χ1n) is 6.80. The van der Waals surface area contributed by atoms with Crippen LogP contribution in [0.2, 0.25) is 0 Å². The van der Waals surface area contributed by atoms with Gasteiger partial charge in [0, 0.05) is 23.2 Å². The van der Waals surface area contributed by atoms with Gasteiger partial charge in [-0.15, -0.1) is 11.8 Å². The Morgan fingerprint density at radius 1 is 1.05 bits per heavy atom. The van der Waals surface area contributed by atoms with Crippen LogP contribution in [0, 0.1) is 0 Å². The van der Waals surface area contributed by atoms with E-state index in [0.29, 0.717) is 11.8 Å². The predicted octanol–water partition coefficient (Wildman–Crippen LogP) is 3.62. The van der Waals surface area contributed by atoms with Crippen molar-refractivity contribution in [1.82, 2.24) is 4.90 Å². The van der Waals surface area contributed by atoms with Crippen molar-refractivity contribution in [1.29, 1.82) is 0 Å². The third-order valence-corrected chi connectivity index (χ3v) is 4.85. The molecule has 1 aliphatic rings. The number of rotatable bonds is 4. The fraction of sp³-hybridized carbons (Fsp3) is 0.235. The van der Waals surface area contributed by atoms with Gasteiger partial charge in [-0.05, 0) is 5.56 Å². The maximum absolute atomic E-state index is 12.2. The monoisotopic (exact) mass is 283 g/mol. The maximum Gasteiger partial charge on any atom is 0.176 e. The molecule has 0 N–H and O–H groups in total. The van der Waals surface area contributed by atoms with Crippen LogP contribution < -0.4 is 0 Å². The highest BCUT2D eigenvalue weighted by atomic mass is 32.2. The molecule has 1 atom stereocenters. The molecule has 0 aromatic heterocycles. The number of hydrogen-bond acceptors (Lipinski definition) is 3. The first-order chi connectivity index (χ1) is 9.83. The molecule has 102 valence electrons. The first-order valence-corrected chi connectivity index (χ1v) is 7.85. The highest BCUT2D eigenvalue weighted by Crippen LogP contribution is 2.35. The van der Waals surface area contributed by atoms with Gasteiger partial charge in [-0.25, -0.2) is 0 Å². The molecule has 0 saturated carbocycles. The zero-order valence-electron chi connectivity index (χ0n) is 11.2. The van der Waals surface area contributed by atoms with Crippen molar-refractivity contribution in [2.45, 2.75) is 5.25 Å². The Balaban J connectivity index is 1.60. The Morgan fingerprint density at radius 3 is 2.40 bits per heavy atom. The van der Waals surface area contributed by atoms with Gasteiger partial charge in [0.1, 0.15) is 0 Å². The number of hydrogen-bond donors (Lipinski definition) is 0. The molecule has 0 spiro atoms. The van der Waals surface area contributed by atoms with Gasteiger partial charge in [-0.2, -0.15) is 0 Å². The molecule has 0 amide bonds. The average Bonchev–Trinajstić information content (AvgIpc) is 2.97. The molecule has 2 aromatic rings. The third kappa shape index (κ3) is 3.11. The van der Waals surface area contributed by atoms with Crippen LogP contribution in [0.5, 0.6) is 0 Å². The lowest BCUT2D eigenvalue weighted by atomic mass is 10.1. The second-order valence-electron chi connectivity index (χ2n) is 5.00. The number of thioether (sulfide) groups is 1. The smallest absolute Gasteiger partial charge is 0.176 e. The second kappa shape index (κ2) is 6.25. The zero-order valence-corrected chi connectivity index (χ0v) is 12.1. The van der Waals surface area contributed by atoms with E-state index in [1.165, 1.54) is 5.56 Å². The van der Waals surface area contributed by atoms with Crippen molar-refractivity contribution in [2.24, 2.45) is 0 Å². The van der Waals surface area contributed by atoms with Crippen LogP contribution in [0.3, 0.4) is 0 Å². The molecule has 3 heteroatoms. The van der Waals surface area contributed by atoms with E-state index in [0.717, 1.165) is 18.0 Å². The van der Waals surface area contributed by atoms with E-state index in [1.807, 2.05) is 48.2 Å². The van der Waals surface area contributed by atoms with E-state index in [2.05, 4.69) is 29.2 Å². The number of ketones is 1. The third-order valence-electron chi connectivity index (χ3n) is 3.52. The van der Waals surface area contributed by atoms with Crippen molar-refractivity contribution in [3.8, 4) is 0 Å². The van der Waals surface area contributed by atoms with Gasteiger partial charge in [-0.3, -0.25) is 9.69 Å². The van der Waals surface area contributed by atoms with E-state index in [-0.39, 0.29) is 5.78 Å². The Kier molecular flexibility index (Phi) is 4.19. The minimum Gasteiger partial charge on any atom is -0.293 e. The summed E-state index contributed by atoms with van der Waals surface area (Å²) < 4.78 is 0. The quantitative estimate of drug-likeness (QED) is 0.799. The molecular weight excluding hydrogens is 266 g/mol. The lowest BCUT2D eigenvalue weighted by Gasteiger charge is -2.14. The molecule has 1 aliphatic heterocycles. The molecule has 1 fully saturated rings. The van der Waals surface area contributed by atoms with Gasteiger partial charge in [0.15, 0.2) is 5.78 Å². The van der Waals surface area contributed by atoms with E-state index >= 15 is 0 Å². The van der Waals surface area contributed by atoms with Crippen LogP contribution in [0.25, 0.3) is 0 Å². The number of Topliss-reactive ketones (excluding diaryl/α,β-unsaturated/α-hetero) is 1. The molecule has 3 rings (SSSR count). The number of carbonyl (C=O) groups excluding carboxylic acids is 1. The average molecular weight is 283 g/mol. The van der Waals surface area contributed by atoms with E-state index in [1.54, 1.807) is 0 Å². The largest absolute Gasteiger partial charge is 0.293 e. The molecule has 2 aromatic carbocycles. The van der Waals surface area contributed by atoms with Gasteiger partial charge in [0.05, 0.1) is 6.54 Å². The molecule has 20 heavy (non-hydrogen) atoms. The maximum atomic E-state index is 12.2. The number of benzene rings is 2. The fourth-order valence-electron chi connectivity index (χ4n) is 2.43. The standard InChI is InChI=1S/C17H17NOS/c19-16(14-7-3-1-4-8-14)11-18-12-17(20-13-18)15-9-5-2-6-10-15/h1-10,17H,11-13H2. The highest BCUT2D eigenvalue weighted by Gasteiger charge is 2.25. The molecule has 1 unspecified atom stereocenters. The normalized spacial score (nSPS) is 19.1. The summed E-state index contributed by atoms with van der Waals surface area (Å²) in [6, 6.07) is 20.1. The van der Waals surface area contributed by atoms with Crippen LogP contribution in [0.4, 0.5) is 0 Å². The van der Waals surface area contributed by atoms with Crippen LogP contribution in [-0.4, -0.2) is 29.6 Å². The van der Waals surface area contributed by atoms with Crippen LogP contribution in [0.15, 0.2) is 60.7 Å². The van der Waals surface area contributed by atoms with Crippen molar-refractivity contribution in [3.63, 3.8) is 0 Å². The van der Waals surface area contributed by atoms with Crippen molar-refractivity contribution in [2.75, 3.05) is 19.0 Å². The van der Waals surface area contributed by atoms with Gasteiger partial charge in [-0.1, -0.05) is 60.7 Å².